The molecule has 0 spiro atoms. The van der Waals surface area contributed by atoms with Crippen molar-refractivity contribution in [1.29, 1.82) is 5.26 Å². The van der Waals surface area contributed by atoms with E-state index in [1.54, 1.807) is 6.20 Å². The molecule has 76 valence electrons. The Hall–Kier alpha value is -0.630. The molecular formula is C9H12ClN3S. The molecule has 5 heteroatoms. The number of halogens is 1. The third kappa shape index (κ3) is 3.62. The molecule has 1 atom stereocenters. The second kappa shape index (κ2) is 5.30. The van der Waals surface area contributed by atoms with Crippen LogP contribution in [0.15, 0.2) is 6.20 Å². The SMILES string of the molecule is CC(C#N)CN(C)Cc1cnc(Cl)s1. The quantitative estimate of drug-likeness (QED) is 0.796. The van der Waals surface area contributed by atoms with Gasteiger partial charge in [-0.1, -0.05) is 11.6 Å². The highest BCUT2D eigenvalue weighted by Gasteiger charge is 2.07. The van der Waals surface area contributed by atoms with Crippen molar-refractivity contribution < 1.29 is 0 Å². The van der Waals surface area contributed by atoms with Gasteiger partial charge in [-0.2, -0.15) is 5.26 Å². The van der Waals surface area contributed by atoms with Crippen molar-refractivity contribution >= 4 is 22.9 Å². The Kier molecular flexibility index (Phi) is 4.33. The third-order valence-corrected chi connectivity index (χ3v) is 2.86. The van der Waals surface area contributed by atoms with Gasteiger partial charge in [-0.05, 0) is 14.0 Å². The second-order valence-corrected chi connectivity index (χ2v) is 5.00. The van der Waals surface area contributed by atoms with Crippen molar-refractivity contribution in [3.63, 3.8) is 0 Å². The van der Waals surface area contributed by atoms with E-state index in [4.69, 9.17) is 16.9 Å². The largest absolute Gasteiger partial charge is 0.300 e. The molecule has 0 amide bonds. The van der Waals surface area contributed by atoms with E-state index in [0.29, 0.717) is 4.47 Å². The van der Waals surface area contributed by atoms with Gasteiger partial charge < -0.3 is 0 Å². The van der Waals surface area contributed by atoms with Crippen LogP contribution in [-0.4, -0.2) is 23.5 Å². The normalized spacial score (nSPS) is 12.8. The number of hydrogen-bond acceptors (Lipinski definition) is 4. The van der Waals surface area contributed by atoms with Crippen molar-refractivity contribution in [3.8, 4) is 6.07 Å². The maximum Gasteiger partial charge on any atom is 0.183 e. The molecule has 1 aromatic rings. The Bertz CT molecular complexity index is 331. The van der Waals surface area contributed by atoms with Gasteiger partial charge in [0.25, 0.3) is 0 Å². The van der Waals surface area contributed by atoms with Crippen LogP contribution in [-0.2, 0) is 6.54 Å². The van der Waals surface area contributed by atoms with Gasteiger partial charge in [0.2, 0.25) is 0 Å². The van der Waals surface area contributed by atoms with Gasteiger partial charge in [-0.25, -0.2) is 4.98 Å². The van der Waals surface area contributed by atoms with Crippen molar-refractivity contribution in [1.82, 2.24) is 9.88 Å². The van der Waals surface area contributed by atoms with Crippen LogP contribution < -0.4 is 0 Å². The molecule has 1 unspecified atom stereocenters. The monoisotopic (exact) mass is 229 g/mol. The number of thiazole rings is 1. The zero-order valence-electron chi connectivity index (χ0n) is 8.20. The summed E-state index contributed by atoms with van der Waals surface area (Å²) < 4.78 is 0.571. The summed E-state index contributed by atoms with van der Waals surface area (Å²) in [5.74, 6) is 0.0587. The topological polar surface area (TPSA) is 39.9 Å². The van der Waals surface area contributed by atoms with Crippen molar-refractivity contribution in [3.05, 3.63) is 15.5 Å². The van der Waals surface area contributed by atoms with Gasteiger partial charge in [0, 0.05) is 24.2 Å². The molecule has 0 saturated carbocycles. The van der Waals surface area contributed by atoms with E-state index in [2.05, 4.69) is 16.0 Å². The summed E-state index contributed by atoms with van der Waals surface area (Å²) >= 11 is 7.19. The molecule has 14 heavy (non-hydrogen) atoms. The fourth-order valence-corrected chi connectivity index (χ4v) is 2.25. The van der Waals surface area contributed by atoms with Gasteiger partial charge in [-0.15, -0.1) is 11.3 Å². The predicted molar refractivity (Wildman–Crippen MR) is 58.2 cm³/mol. The number of rotatable bonds is 4. The van der Waals surface area contributed by atoms with Crippen LogP contribution in [0.5, 0.6) is 0 Å². The number of nitrogens with zero attached hydrogens (tertiary/aromatic N) is 3. The fourth-order valence-electron chi connectivity index (χ4n) is 1.20. The number of hydrogen-bond donors (Lipinski definition) is 0. The molecule has 1 heterocycles. The number of nitriles is 1. The third-order valence-electron chi connectivity index (χ3n) is 1.76. The van der Waals surface area contributed by atoms with Gasteiger partial charge in [0.15, 0.2) is 4.47 Å². The minimum absolute atomic E-state index is 0.0587. The van der Waals surface area contributed by atoms with Crippen LogP contribution in [0.1, 0.15) is 11.8 Å². The lowest BCUT2D eigenvalue weighted by atomic mass is 10.2. The van der Waals surface area contributed by atoms with E-state index < -0.39 is 0 Å². The lowest BCUT2D eigenvalue weighted by Gasteiger charge is -2.15. The predicted octanol–water partition coefficient (Wildman–Crippen LogP) is 2.39. The molecule has 0 aromatic carbocycles. The molecule has 0 radical (unpaired) electrons. The molecule has 0 aliphatic rings. The van der Waals surface area contributed by atoms with E-state index >= 15 is 0 Å². The highest BCUT2D eigenvalue weighted by Crippen LogP contribution is 2.19. The highest BCUT2D eigenvalue weighted by molar-refractivity contribution is 7.15. The van der Waals surface area contributed by atoms with Gasteiger partial charge in [0.05, 0.1) is 12.0 Å². The summed E-state index contributed by atoms with van der Waals surface area (Å²) in [4.78, 5) is 7.18. The van der Waals surface area contributed by atoms with E-state index in [1.165, 1.54) is 11.3 Å². The summed E-state index contributed by atoms with van der Waals surface area (Å²) in [6.07, 6.45) is 1.78. The number of aromatic nitrogens is 1. The molecule has 1 rings (SSSR count). The Morgan fingerprint density at radius 1 is 1.79 bits per heavy atom. The highest BCUT2D eigenvalue weighted by atomic mass is 35.5. The van der Waals surface area contributed by atoms with Crippen molar-refractivity contribution in [2.24, 2.45) is 5.92 Å². The molecule has 0 fully saturated rings. The minimum atomic E-state index is 0.0587. The van der Waals surface area contributed by atoms with Gasteiger partial charge in [0.1, 0.15) is 0 Å². The molecule has 0 bridgehead atoms. The van der Waals surface area contributed by atoms with Crippen LogP contribution in [0.25, 0.3) is 0 Å². The average molecular weight is 230 g/mol. The molecule has 0 saturated heterocycles. The first kappa shape index (κ1) is 11.4. The second-order valence-electron chi connectivity index (χ2n) is 3.31. The Labute approximate surface area is 92.9 Å². The zero-order valence-corrected chi connectivity index (χ0v) is 9.77. The summed E-state index contributed by atoms with van der Waals surface area (Å²) in [6, 6.07) is 2.21. The Balaban J connectivity index is 2.42. The first-order valence-corrected chi connectivity index (χ1v) is 5.49. The van der Waals surface area contributed by atoms with Crippen molar-refractivity contribution in [2.75, 3.05) is 13.6 Å². The van der Waals surface area contributed by atoms with Crippen molar-refractivity contribution in [2.45, 2.75) is 13.5 Å². The Morgan fingerprint density at radius 2 is 2.50 bits per heavy atom. The summed E-state index contributed by atoms with van der Waals surface area (Å²) in [5, 5.41) is 8.65. The lowest BCUT2D eigenvalue weighted by molar-refractivity contribution is 0.305. The molecule has 0 N–H and O–H groups in total. The lowest BCUT2D eigenvalue weighted by Crippen LogP contribution is -2.22. The first-order chi connectivity index (χ1) is 6.61. The van der Waals surface area contributed by atoms with Gasteiger partial charge in [-0.3, -0.25) is 4.90 Å². The van der Waals surface area contributed by atoms with Crippen LogP contribution in [0.3, 0.4) is 0 Å². The van der Waals surface area contributed by atoms with Crippen LogP contribution in [0.4, 0.5) is 0 Å². The molecule has 0 aliphatic carbocycles. The van der Waals surface area contributed by atoms with E-state index in [0.717, 1.165) is 18.0 Å². The summed E-state index contributed by atoms with van der Waals surface area (Å²) in [7, 11) is 1.99. The maximum atomic E-state index is 8.65. The van der Waals surface area contributed by atoms with Crippen LogP contribution in [0.2, 0.25) is 4.47 Å². The summed E-state index contributed by atoms with van der Waals surface area (Å²) in [5.41, 5.74) is 0. The smallest absolute Gasteiger partial charge is 0.183 e. The minimum Gasteiger partial charge on any atom is -0.300 e. The molecule has 3 nitrogen and oxygen atoms in total. The average Bonchev–Trinajstić information content (AvgIpc) is 2.50. The molecule has 0 aliphatic heterocycles. The van der Waals surface area contributed by atoms with Crippen LogP contribution >= 0.6 is 22.9 Å². The van der Waals surface area contributed by atoms with E-state index in [-0.39, 0.29) is 5.92 Å². The molecule has 1 aromatic heterocycles. The van der Waals surface area contributed by atoms with E-state index in [1.807, 2.05) is 14.0 Å². The fraction of sp³-hybridized carbons (Fsp3) is 0.556. The zero-order chi connectivity index (χ0) is 10.6. The standard InChI is InChI=1S/C9H12ClN3S/c1-7(3-11)5-13(2)6-8-4-12-9(10)14-8/h4,7H,5-6H2,1-2H3. The Morgan fingerprint density at radius 3 is 3.00 bits per heavy atom. The summed E-state index contributed by atoms with van der Waals surface area (Å²) in [6.45, 7) is 3.48. The van der Waals surface area contributed by atoms with E-state index in [9.17, 15) is 0 Å². The molecular weight excluding hydrogens is 218 g/mol. The van der Waals surface area contributed by atoms with Gasteiger partial charge >= 0.3 is 0 Å². The maximum absolute atomic E-state index is 8.65. The van der Waals surface area contributed by atoms with Crippen LogP contribution in [0, 0.1) is 17.2 Å². The first-order valence-electron chi connectivity index (χ1n) is 4.30.